The lowest BCUT2D eigenvalue weighted by molar-refractivity contribution is 0.117. The van der Waals surface area contributed by atoms with E-state index < -0.39 is 0 Å². The van der Waals surface area contributed by atoms with Crippen molar-refractivity contribution in [2.45, 2.75) is 44.2 Å². The Morgan fingerprint density at radius 2 is 2.20 bits per heavy atom. The van der Waals surface area contributed by atoms with E-state index in [9.17, 15) is 5.11 Å². The first-order valence-corrected chi connectivity index (χ1v) is 5.51. The maximum Gasteiger partial charge on any atom is 0.227 e. The molecule has 15 heavy (non-hydrogen) atoms. The smallest absolute Gasteiger partial charge is 0.227 e. The van der Waals surface area contributed by atoms with E-state index in [4.69, 9.17) is 4.52 Å². The van der Waals surface area contributed by atoms with Gasteiger partial charge in [-0.1, -0.05) is 5.16 Å². The summed E-state index contributed by atoms with van der Waals surface area (Å²) in [4.78, 5) is 3.95. The van der Waals surface area contributed by atoms with Crippen LogP contribution in [0.15, 0.2) is 10.9 Å². The Morgan fingerprint density at radius 3 is 2.87 bits per heavy atom. The highest BCUT2D eigenvalue weighted by atomic mass is 16.5. The maximum absolute atomic E-state index is 9.34. The van der Waals surface area contributed by atoms with Crippen molar-refractivity contribution in [3.63, 3.8) is 0 Å². The van der Waals surface area contributed by atoms with E-state index in [0.717, 1.165) is 38.6 Å². The lowest BCUT2D eigenvalue weighted by Crippen LogP contribution is -2.35. The van der Waals surface area contributed by atoms with E-state index in [1.54, 1.807) is 0 Å². The molecule has 0 radical (unpaired) electrons. The average Bonchev–Trinajstić information content (AvgIpc) is 2.74. The number of nitrogens with zero attached hydrogens (tertiary/aromatic N) is 2. The van der Waals surface area contributed by atoms with Gasteiger partial charge in [0.05, 0.1) is 6.10 Å². The second-order valence-electron chi connectivity index (χ2n) is 4.04. The highest BCUT2D eigenvalue weighted by Crippen LogP contribution is 2.18. The quantitative estimate of drug-likeness (QED) is 0.759. The molecule has 0 spiro atoms. The van der Waals surface area contributed by atoms with Crippen molar-refractivity contribution < 1.29 is 9.63 Å². The van der Waals surface area contributed by atoms with Crippen molar-refractivity contribution in [2.24, 2.45) is 0 Å². The summed E-state index contributed by atoms with van der Waals surface area (Å²) >= 11 is 0. The zero-order valence-corrected chi connectivity index (χ0v) is 8.72. The highest BCUT2D eigenvalue weighted by Gasteiger charge is 2.18. The molecule has 1 aliphatic rings. The Labute approximate surface area is 88.9 Å². The Balaban J connectivity index is 1.62. The topological polar surface area (TPSA) is 71.2 Å². The van der Waals surface area contributed by atoms with Crippen molar-refractivity contribution in [1.82, 2.24) is 15.5 Å². The number of hydrogen-bond donors (Lipinski definition) is 2. The lowest BCUT2D eigenvalue weighted by Gasteiger charge is -2.26. The van der Waals surface area contributed by atoms with Crippen LogP contribution in [-0.2, 0) is 6.42 Å². The van der Waals surface area contributed by atoms with E-state index in [1.165, 1.54) is 6.33 Å². The third-order valence-corrected chi connectivity index (χ3v) is 2.88. The molecule has 0 bridgehead atoms. The molecule has 1 aliphatic carbocycles. The van der Waals surface area contributed by atoms with Crippen LogP contribution in [0.4, 0.5) is 0 Å². The second-order valence-corrected chi connectivity index (χ2v) is 4.04. The molecular weight excluding hydrogens is 194 g/mol. The fourth-order valence-corrected chi connectivity index (χ4v) is 1.97. The number of aliphatic hydroxyl groups is 1. The molecule has 0 saturated heterocycles. The second kappa shape index (κ2) is 5.23. The van der Waals surface area contributed by atoms with Crippen LogP contribution < -0.4 is 5.32 Å². The number of rotatable bonds is 4. The van der Waals surface area contributed by atoms with Crippen molar-refractivity contribution in [3.05, 3.63) is 12.2 Å². The van der Waals surface area contributed by atoms with Gasteiger partial charge in [0.15, 0.2) is 6.33 Å². The molecular formula is C10H17N3O2. The van der Waals surface area contributed by atoms with Crippen molar-refractivity contribution >= 4 is 0 Å². The van der Waals surface area contributed by atoms with E-state index in [2.05, 4.69) is 15.5 Å². The van der Waals surface area contributed by atoms with Crippen molar-refractivity contribution in [3.8, 4) is 0 Å². The Bertz CT molecular complexity index is 268. The van der Waals surface area contributed by atoms with Crippen LogP contribution in [0.3, 0.4) is 0 Å². The predicted molar refractivity (Wildman–Crippen MR) is 54.3 cm³/mol. The molecule has 1 aromatic heterocycles. The van der Waals surface area contributed by atoms with Gasteiger partial charge in [-0.3, -0.25) is 0 Å². The monoisotopic (exact) mass is 211 g/mol. The molecule has 5 heteroatoms. The van der Waals surface area contributed by atoms with Crippen LogP contribution in [0.5, 0.6) is 0 Å². The molecule has 1 heterocycles. The molecule has 0 unspecified atom stereocenters. The van der Waals surface area contributed by atoms with Gasteiger partial charge >= 0.3 is 0 Å². The van der Waals surface area contributed by atoms with Gasteiger partial charge in [0.1, 0.15) is 0 Å². The first kappa shape index (κ1) is 10.6. The maximum atomic E-state index is 9.34. The molecule has 0 aliphatic heterocycles. The summed E-state index contributed by atoms with van der Waals surface area (Å²) in [5, 5.41) is 16.3. The Morgan fingerprint density at radius 1 is 1.40 bits per heavy atom. The standard InChI is InChI=1S/C10H17N3O2/c14-9-3-1-8(2-4-9)11-6-5-10-12-7-13-15-10/h7-9,11,14H,1-6H2. The summed E-state index contributed by atoms with van der Waals surface area (Å²) in [7, 11) is 0. The van der Waals surface area contributed by atoms with Crippen LogP contribution in [0.1, 0.15) is 31.6 Å². The molecule has 5 nitrogen and oxygen atoms in total. The summed E-state index contributed by atoms with van der Waals surface area (Å²) in [6, 6.07) is 0.538. The highest BCUT2D eigenvalue weighted by molar-refractivity contribution is 4.80. The molecule has 0 atom stereocenters. The number of aliphatic hydroxyl groups excluding tert-OH is 1. The minimum Gasteiger partial charge on any atom is -0.393 e. The minimum absolute atomic E-state index is 0.0843. The first-order valence-electron chi connectivity index (χ1n) is 5.51. The fraction of sp³-hybridized carbons (Fsp3) is 0.800. The number of nitrogens with one attached hydrogen (secondary N) is 1. The van der Waals surface area contributed by atoms with E-state index in [1.807, 2.05) is 0 Å². The van der Waals surface area contributed by atoms with E-state index in [0.29, 0.717) is 11.9 Å². The molecule has 1 fully saturated rings. The normalized spacial score (nSPS) is 26.7. The van der Waals surface area contributed by atoms with Gasteiger partial charge < -0.3 is 14.9 Å². The minimum atomic E-state index is -0.0843. The molecule has 1 aromatic rings. The molecule has 1 saturated carbocycles. The predicted octanol–water partition coefficient (Wildman–Crippen LogP) is 0.505. The molecule has 0 amide bonds. The number of aromatic nitrogens is 2. The third-order valence-electron chi connectivity index (χ3n) is 2.88. The summed E-state index contributed by atoms with van der Waals surface area (Å²) in [5.74, 6) is 0.679. The SMILES string of the molecule is OC1CCC(NCCc2ncno2)CC1. The Hall–Kier alpha value is -0.940. The molecule has 0 aromatic carbocycles. The van der Waals surface area contributed by atoms with Gasteiger partial charge in [-0.05, 0) is 25.7 Å². The molecule has 2 rings (SSSR count). The van der Waals surface area contributed by atoms with Crippen LogP contribution in [0.25, 0.3) is 0 Å². The zero-order chi connectivity index (χ0) is 10.5. The molecule has 84 valence electrons. The number of hydrogen-bond acceptors (Lipinski definition) is 5. The van der Waals surface area contributed by atoms with Gasteiger partial charge in [-0.15, -0.1) is 0 Å². The zero-order valence-electron chi connectivity index (χ0n) is 8.72. The largest absolute Gasteiger partial charge is 0.393 e. The van der Waals surface area contributed by atoms with Crippen molar-refractivity contribution in [1.29, 1.82) is 0 Å². The summed E-state index contributed by atoms with van der Waals surface area (Å²) in [6.45, 7) is 0.864. The fourth-order valence-electron chi connectivity index (χ4n) is 1.97. The van der Waals surface area contributed by atoms with Crippen LogP contribution in [-0.4, -0.2) is 33.9 Å². The van der Waals surface area contributed by atoms with Crippen molar-refractivity contribution in [2.75, 3.05) is 6.54 Å². The van der Waals surface area contributed by atoms with Crippen LogP contribution in [0, 0.1) is 0 Å². The van der Waals surface area contributed by atoms with E-state index in [-0.39, 0.29) is 6.10 Å². The third kappa shape index (κ3) is 3.28. The Kier molecular flexibility index (Phi) is 3.69. The van der Waals surface area contributed by atoms with Crippen LogP contribution >= 0.6 is 0 Å². The summed E-state index contributed by atoms with van der Waals surface area (Å²) in [5.41, 5.74) is 0. The van der Waals surface area contributed by atoms with Crippen LogP contribution in [0.2, 0.25) is 0 Å². The molecule has 2 N–H and O–H groups in total. The van der Waals surface area contributed by atoms with Gasteiger partial charge in [0.2, 0.25) is 5.89 Å². The van der Waals surface area contributed by atoms with E-state index >= 15 is 0 Å². The summed E-state index contributed by atoms with van der Waals surface area (Å²) < 4.78 is 4.90. The average molecular weight is 211 g/mol. The van der Waals surface area contributed by atoms with Gasteiger partial charge in [0.25, 0.3) is 0 Å². The lowest BCUT2D eigenvalue weighted by atomic mass is 9.93. The van der Waals surface area contributed by atoms with Gasteiger partial charge in [0, 0.05) is 19.0 Å². The summed E-state index contributed by atoms with van der Waals surface area (Å²) in [6.07, 6.45) is 6.07. The van der Waals surface area contributed by atoms with Gasteiger partial charge in [-0.2, -0.15) is 4.98 Å². The van der Waals surface area contributed by atoms with Gasteiger partial charge in [-0.25, -0.2) is 0 Å². The first-order chi connectivity index (χ1) is 7.34.